The second-order valence-electron chi connectivity index (χ2n) is 4.11. The molecule has 82 valence electrons. The van der Waals surface area contributed by atoms with E-state index >= 15 is 0 Å². The Morgan fingerprint density at radius 3 is 2.57 bits per heavy atom. The average Bonchev–Trinajstić information content (AvgIpc) is 2.08. The van der Waals surface area contributed by atoms with Gasteiger partial charge in [-0.3, -0.25) is 4.79 Å². The van der Waals surface area contributed by atoms with Gasteiger partial charge in [0.2, 0.25) is 5.91 Å². The maximum absolute atomic E-state index is 11.2. The van der Waals surface area contributed by atoms with Crippen LogP contribution in [0.15, 0.2) is 12.2 Å². The van der Waals surface area contributed by atoms with Crippen LogP contribution in [0, 0.1) is 0 Å². The number of carbonyl (C=O) groups excluding carboxylic acids is 1. The number of amides is 1. The minimum Gasteiger partial charge on any atom is -0.366 e. The number of hydrogen-bond donors (Lipinski definition) is 1. The van der Waals surface area contributed by atoms with Crippen molar-refractivity contribution in [3.05, 3.63) is 12.2 Å². The molecule has 3 nitrogen and oxygen atoms in total. The number of carbonyl (C=O) groups is 1. The predicted molar refractivity (Wildman–Crippen MR) is 58.1 cm³/mol. The van der Waals surface area contributed by atoms with Crippen LogP contribution in [0.25, 0.3) is 0 Å². The van der Waals surface area contributed by atoms with E-state index in [2.05, 4.69) is 5.32 Å². The van der Waals surface area contributed by atoms with Crippen LogP contribution in [0.4, 0.5) is 0 Å². The van der Waals surface area contributed by atoms with Gasteiger partial charge < -0.3 is 10.1 Å². The molecule has 0 aromatic heterocycles. The molecule has 0 fully saturated rings. The van der Waals surface area contributed by atoms with Crippen molar-refractivity contribution in [3.8, 4) is 0 Å². The van der Waals surface area contributed by atoms with Gasteiger partial charge in [-0.15, -0.1) is 0 Å². The second-order valence-corrected chi connectivity index (χ2v) is 4.11. The second kappa shape index (κ2) is 6.60. The van der Waals surface area contributed by atoms with Crippen LogP contribution in [0.5, 0.6) is 0 Å². The van der Waals surface area contributed by atoms with Gasteiger partial charge in [0.15, 0.2) is 0 Å². The third kappa shape index (κ3) is 9.26. The molecule has 0 aromatic carbocycles. The maximum atomic E-state index is 11.2. The zero-order chi connectivity index (χ0) is 11.0. The molecule has 0 spiro atoms. The summed E-state index contributed by atoms with van der Waals surface area (Å²) in [7, 11) is 0. The van der Waals surface area contributed by atoms with E-state index in [0.717, 1.165) is 6.42 Å². The van der Waals surface area contributed by atoms with Crippen molar-refractivity contribution >= 4 is 5.91 Å². The Kier molecular flexibility index (Phi) is 6.21. The molecule has 0 aliphatic heterocycles. The molecule has 0 unspecified atom stereocenters. The van der Waals surface area contributed by atoms with Crippen molar-refractivity contribution in [1.82, 2.24) is 5.32 Å². The Balaban J connectivity index is 3.47. The summed E-state index contributed by atoms with van der Waals surface area (Å²) in [6.45, 7) is 8.57. The van der Waals surface area contributed by atoms with Gasteiger partial charge >= 0.3 is 0 Å². The lowest BCUT2D eigenvalue weighted by Gasteiger charge is -2.18. The number of allylic oxidation sites excluding steroid dienone is 1. The quantitative estimate of drug-likeness (QED) is 0.542. The van der Waals surface area contributed by atoms with Crippen LogP contribution in [0.3, 0.4) is 0 Å². The van der Waals surface area contributed by atoms with Gasteiger partial charge in [0.1, 0.15) is 6.61 Å². The Hall–Kier alpha value is -0.830. The van der Waals surface area contributed by atoms with Crippen molar-refractivity contribution in [2.45, 2.75) is 39.7 Å². The van der Waals surface area contributed by atoms with Crippen LogP contribution >= 0.6 is 0 Å². The first kappa shape index (κ1) is 13.2. The zero-order valence-corrected chi connectivity index (χ0v) is 9.59. The maximum Gasteiger partial charge on any atom is 0.246 e. The highest BCUT2D eigenvalue weighted by Gasteiger charge is 2.12. The summed E-state index contributed by atoms with van der Waals surface area (Å²) in [6.07, 6.45) is 4.86. The summed E-state index contributed by atoms with van der Waals surface area (Å²) in [5.41, 5.74) is -0.249. The Morgan fingerprint density at radius 1 is 1.43 bits per heavy atom. The zero-order valence-electron chi connectivity index (χ0n) is 9.59. The third-order valence-electron chi connectivity index (χ3n) is 1.51. The van der Waals surface area contributed by atoms with Crippen LogP contribution in [0.1, 0.15) is 34.1 Å². The van der Waals surface area contributed by atoms with E-state index in [4.69, 9.17) is 4.74 Å². The lowest BCUT2D eigenvalue weighted by molar-refractivity contribution is -0.130. The number of nitrogens with one attached hydrogen (secondary N) is 1. The molecular formula is C11H21NO2. The van der Waals surface area contributed by atoms with E-state index in [1.165, 1.54) is 0 Å². The van der Waals surface area contributed by atoms with Crippen molar-refractivity contribution < 1.29 is 9.53 Å². The summed E-state index contributed by atoms with van der Waals surface area (Å²) in [5, 5.41) is 2.77. The molecule has 14 heavy (non-hydrogen) atoms. The molecule has 0 atom stereocenters. The van der Waals surface area contributed by atoms with Gasteiger partial charge in [-0.25, -0.2) is 0 Å². The van der Waals surface area contributed by atoms with E-state index < -0.39 is 0 Å². The third-order valence-corrected chi connectivity index (χ3v) is 1.51. The fourth-order valence-corrected chi connectivity index (χ4v) is 0.795. The number of rotatable bonds is 5. The highest BCUT2D eigenvalue weighted by Crippen LogP contribution is 2.05. The van der Waals surface area contributed by atoms with Crippen LogP contribution in [0.2, 0.25) is 0 Å². The van der Waals surface area contributed by atoms with Crippen molar-refractivity contribution in [2.24, 2.45) is 0 Å². The molecule has 0 aromatic rings. The Labute approximate surface area is 86.5 Å². The van der Waals surface area contributed by atoms with Gasteiger partial charge in [0.05, 0.1) is 5.60 Å². The number of hydrogen-bond acceptors (Lipinski definition) is 2. The highest BCUT2D eigenvalue weighted by atomic mass is 16.5. The molecule has 1 amide bonds. The Bertz CT molecular complexity index is 192. The molecule has 0 heterocycles. The normalized spacial score (nSPS) is 12.0. The highest BCUT2D eigenvalue weighted by molar-refractivity contribution is 5.77. The minimum absolute atomic E-state index is 0.0515. The molecule has 0 rings (SSSR count). The van der Waals surface area contributed by atoms with Crippen LogP contribution in [-0.4, -0.2) is 24.7 Å². The SMILES string of the molecule is C/C=C/CCNC(=O)COC(C)(C)C. The van der Waals surface area contributed by atoms with E-state index in [1.54, 1.807) is 0 Å². The van der Waals surface area contributed by atoms with Crippen molar-refractivity contribution in [3.63, 3.8) is 0 Å². The van der Waals surface area contributed by atoms with E-state index in [1.807, 2.05) is 39.8 Å². The van der Waals surface area contributed by atoms with Crippen LogP contribution < -0.4 is 5.32 Å². The number of ether oxygens (including phenoxy) is 1. The van der Waals surface area contributed by atoms with Gasteiger partial charge in [-0.1, -0.05) is 12.2 Å². The smallest absolute Gasteiger partial charge is 0.246 e. The van der Waals surface area contributed by atoms with Gasteiger partial charge in [-0.2, -0.15) is 0 Å². The fraction of sp³-hybridized carbons (Fsp3) is 0.727. The molecule has 0 saturated heterocycles. The minimum atomic E-state index is -0.249. The standard InChI is InChI=1S/C11H21NO2/c1-5-6-7-8-12-10(13)9-14-11(2,3)4/h5-6H,7-9H2,1-4H3,(H,12,13)/b6-5+. The van der Waals surface area contributed by atoms with Crippen molar-refractivity contribution in [2.75, 3.05) is 13.2 Å². The van der Waals surface area contributed by atoms with Crippen molar-refractivity contribution in [1.29, 1.82) is 0 Å². The van der Waals surface area contributed by atoms with Gasteiger partial charge in [-0.05, 0) is 34.1 Å². The molecule has 0 bridgehead atoms. The molecule has 0 saturated carbocycles. The molecule has 3 heteroatoms. The summed E-state index contributed by atoms with van der Waals surface area (Å²) in [5.74, 6) is -0.0515. The van der Waals surface area contributed by atoms with E-state index in [0.29, 0.717) is 6.54 Å². The van der Waals surface area contributed by atoms with Gasteiger partial charge in [0.25, 0.3) is 0 Å². The first-order valence-corrected chi connectivity index (χ1v) is 4.97. The average molecular weight is 199 g/mol. The first-order chi connectivity index (χ1) is 6.45. The molecule has 0 aliphatic carbocycles. The summed E-state index contributed by atoms with van der Waals surface area (Å²) in [6, 6.07) is 0. The van der Waals surface area contributed by atoms with Gasteiger partial charge in [0, 0.05) is 6.54 Å². The fourth-order valence-electron chi connectivity index (χ4n) is 0.795. The molecule has 0 radical (unpaired) electrons. The lowest BCUT2D eigenvalue weighted by atomic mass is 10.2. The molecular weight excluding hydrogens is 178 g/mol. The Morgan fingerprint density at radius 2 is 2.07 bits per heavy atom. The molecule has 1 N–H and O–H groups in total. The molecule has 0 aliphatic rings. The predicted octanol–water partition coefficient (Wildman–Crippen LogP) is 1.88. The summed E-state index contributed by atoms with van der Waals surface area (Å²) in [4.78, 5) is 11.2. The topological polar surface area (TPSA) is 38.3 Å². The van der Waals surface area contributed by atoms with E-state index in [9.17, 15) is 4.79 Å². The largest absolute Gasteiger partial charge is 0.366 e. The first-order valence-electron chi connectivity index (χ1n) is 4.97. The van der Waals surface area contributed by atoms with Crippen LogP contribution in [-0.2, 0) is 9.53 Å². The lowest BCUT2D eigenvalue weighted by Crippen LogP contribution is -2.32. The monoisotopic (exact) mass is 199 g/mol. The summed E-state index contributed by atoms with van der Waals surface area (Å²) < 4.78 is 5.32. The van der Waals surface area contributed by atoms with E-state index in [-0.39, 0.29) is 18.1 Å². The summed E-state index contributed by atoms with van der Waals surface area (Å²) >= 11 is 0.